The Balaban J connectivity index is 3.87. The molecule has 17 heavy (non-hydrogen) atoms. The third-order valence-corrected chi connectivity index (χ3v) is 2.81. The lowest BCUT2D eigenvalue weighted by Crippen LogP contribution is -2.14. The number of amides is 2. The van der Waals surface area contributed by atoms with Gasteiger partial charge in [0, 0.05) is 0 Å². The molecule has 0 rings (SSSR count). The Morgan fingerprint density at radius 1 is 1.29 bits per heavy atom. The molecule has 4 nitrogen and oxygen atoms in total. The number of rotatable bonds is 8. The van der Waals surface area contributed by atoms with Gasteiger partial charge in [-0.25, -0.2) is 4.79 Å². The first-order valence-corrected chi connectivity index (χ1v) is 6.40. The number of urea groups is 1. The molecule has 0 aromatic heterocycles. The van der Waals surface area contributed by atoms with Crippen LogP contribution in [0.5, 0.6) is 0 Å². The maximum absolute atomic E-state index is 10.4. The van der Waals surface area contributed by atoms with E-state index in [4.69, 9.17) is 11.5 Å². The summed E-state index contributed by atoms with van der Waals surface area (Å²) in [4.78, 5) is 13.8. The average molecular weight is 239 g/mol. The van der Waals surface area contributed by atoms with Crippen molar-refractivity contribution in [3.05, 3.63) is 12.2 Å². The zero-order chi connectivity index (χ0) is 13.1. The van der Waals surface area contributed by atoms with Gasteiger partial charge in [-0.05, 0) is 24.8 Å². The second-order valence-corrected chi connectivity index (χ2v) is 4.27. The fourth-order valence-electron chi connectivity index (χ4n) is 1.75. The van der Waals surface area contributed by atoms with E-state index in [2.05, 4.69) is 18.8 Å². The second-order valence-electron chi connectivity index (χ2n) is 4.27. The molecular formula is C13H25N3O. The number of carbonyl (C=O) groups excluding carboxylic acids is 1. The van der Waals surface area contributed by atoms with E-state index in [1.54, 1.807) is 6.08 Å². The molecule has 0 fully saturated rings. The van der Waals surface area contributed by atoms with Crippen LogP contribution in [0.3, 0.4) is 0 Å². The Morgan fingerprint density at radius 3 is 2.53 bits per heavy atom. The monoisotopic (exact) mass is 239 g/mol. The zero-order valence-electron chi connectivity index (χ0n) is 11.0. The molecule has 0 aliphatic rings. The summed E-state index contributed by atoms with van der Waals surface area (Å²) in [5.74, 6) is 0.966. The van der Waals surface area contributed by atoms with Crippen LogP contribution in [0.25, 0.3) is 0 Å². The van der Waals surface area contributed by atoms with Crippen molar-refractivity contribution >= 4 is 11.9 Å². The Kier molecular flexibility index (Phi) is 9.11. The van der Waals surface area contributed by atoms with Crippen molar-refractivity contribution in [3.8, 4) is 0 Å². The van der Waals surface area contributed by atoms with Gasteiger partial charge in [-0.3, -0.25) is 0 Å². The van der Waals surface area contributed by atoms with Crippen LogP contribution in [-0.2, 0) is 0 Å². The minimum absolute atomic E-state index is 0.180. The van der Waals surface area contributed by atoms with Crippen LogP contribution >= 0.6 is 0 Å². The van der Waals surface area contributed by atoms with E-state index in [1.165, 1.54) is 25.7 Å². The van der Waals surface area contributed by atoms with Crippen LogP contribution in [0.2, 0.25) is 0 Å². The largest absolute Gasteiger partial charge is 0.384 e. The summed E-state index contributed by atoms with van der Waals surface area (Å²) in [5.41, 5.74) is 10.3. The summed E-state index contributed by atoms with van der Waals surface area (Å²) in [6, 6.07) is -0.749. The number of hydrogen-bond acceptors (Lipinski definition) is 1. The van der Waals surface area contributed by atoms with Gasteiger partial charge in [0.2, 0.25) is 0 Å². The number of carbonyl (C=O) groups is 1. The van der Waals surface area contributed by atoms with Crippen LogP contribution in [-0.4, -0.2) is 11.9 Å². The molecular weight excluding hydrogens is 214 g/mol. The number of amidine groups is 1. The normalized spacial score (nSPS) is 14.1. The first-order valence-electron chi connectivity index (χ1n) is 6.40. The second kappa shape index (κ2) is 9.87. The highest BCUT2D eigenvalue weighted by Gasteiger charge is 2.03. The van der Waals surface area contributed by atoms with Crippen molar-refractivity contribution in [1.29, 1.82) is 0 Å². The molecule has 0 heterocycles. The summed E-state index contributed by atoms with van der Waals surface area (Å²) in [5, 5.41) is 0. The summed E-state index contributed by atoms with van der Waals surface area (Å²) in [6.45, 7) is 4.45. The maximum Gasteiger partial charge on any atom is 0.340 e. The molecule has 0 aliphatic heterocycles. The summed E-state index contributed by atoms with van der Waals surface area (Å²) >= 11 is 0. The summed E-state index contributed by atoms with van der Waals surface area (Å²) in [7, 11) is 0. The highest BCUT2D eigenvalue weighted by atomic mass is 16.2. The molecule has 4 heteroatoms. The number of aliphatic imine (C=N–C) groups is 1. The zero-order valence-corrected chi connectivity index (χ0v) is 11.0. The van der Waals surface area contributed by atoms with E-state index in [9.17, 15) is 4.79 Å². The van der Waals surface area contributed by atoms with Gasteiger partial charge in [-0.15, -0.1) is 0 Å². The molecule has 0 unspecified atom stereocenters. The van der Waals surface area contributed by atoms with E-state index in [0.29, 0.717) is 0 Å². The predicted molar refractivity (Wildman–Crippen MR) is 72.9 cm³/mol. The fraction of sp³-hybridized carbons (Fsp3) is 0.692. The lowest BCUT2D eigenvalue weighted by atomic mass is 9.94. The Labute approximate surface area is 104 Å². The molecule has 1 atom stereocenters. The van der Waals surface area contributed by atoms with Crippen molar-refractivity contribution in [2.24, 2.45) is 22.4 Å². The SMILES string of the molecule is CCCC[C@@H](CC)CC/C=C\C(N)=N/C(N)=O. The molecule has 98 valence electrons. The van der Waals surface area contributed by atoms with Gasteiger partial charge in [-0.2, -0.15) is 4.99 Å². The minimum atomic E-state index is -0.749. The van der Waals surface area contributed by atoms with Gasteiger partial charge >= 0.3 is 6.03 Å². The standard InChI is InChI=1S/C13H25N3O/c1-3-5-8-11(4-2)9-6-7-10-12(14)16-13(15)17/h7,10-11H,3-6,8-9H2,1-2H3,(H4,14,15,16,17)/b10-7-/t11-/m1/s1. The molecule has 0 bridgehead atoms. The van der Waals surface area contributed by atoms with E-state index in [-0.39, 0.29) is 5.84 Å². The Bertz CT molecular complexity index is 272. The van der Waals surface area contributed by atoms with Crippen molar-refractivity contribution in [3.63, 3.8) is 0 Å². The molecule has 4 N–H and O–H groups in total. The first kappa shape index (κ1) is 15.7. The number of nitrogens with zero attached hydrogens (tertiary/aromatic N) is 1. The molecule has 0 saturated heterocycles. The van der Waals surface area contributed by atoms with Crippen molar-refractivity contribution in [2.75, 3.05) is 0 Å². The van der Waals surface area contributed by atoms with Gasteiger partial charge in [0.05, 0.1) is 0 Å². The van der Waals surface area contributed by atoms with Crippen LogP contribution in [0, 0.1) is 5.92 Å². The topological polar surface area (TPSA) is 81.5 Å². The van der Waals surface area contributed by atoms with E-state index in [1.807, 2.05) is 6.08 Å². The van der Waals surface area contributed by atoms with Gasteiger partial charge in [0.15, 0.2) is 0 Å². The first-order chi connectivity index (χ1) is 8.10. The van der Waals surface area contributed by atoms with Crippen LogP contribution in [0.15, 0.2) is 17.1 Å². The third-order valence-electron chi connectivity index (χ3n) is 2.81. The van der Waals surface area contributed by atoms with E-state index >= 15 is 0 Å². The number of nitrogens with two attached hydrogens (primary N) is 2. The van der Waals surface area contributed by atoms with E-state index in [0.717, 1.165) is 18.8 Å². The highest BCUT2D eigenvalue weighted by Crippen LogP contribution is 2.18. The minimum Gasteiger partial charge on any atom is -0.384 e. The summed E-state index contributed by atoms with van der Waals surface area (Å²) < 4.78 is 0. The number of unbranched alkanes of at least 4 members (excludes halogenated alkanes) is 1. The third kappa shape index (κ3) is 9.60. The van der Waals surface area contributed by atoms with Gasteiger partial charge in [0.1, 0.15) is 5.84 Å². The molecule has 0 aromatic rings. The highest BCUT2D eigenvalue weighted by molar-refractivity contribution is 5.98. The number of primary amides is 1. The number of hydrogen-bond donors (Lipinski definition) is 2. The fourth-order valence-corrected chi connectivity index (χ4v) is 1.75. The van der Waals surface area contributed by atoms with E-state index < -0.39 is 6.03 Å². The molecule has 2 amide bonds. The smallest absolute Gasteiger partial charge is 0.340 e. The Hall–Kier alpha value is -1.32. The van der Waals surface area contributed by atoms with Crippen molar-refractivity contribution in [1.82, 2.24) is 0 Å². The Morgan fingerprint density at radius 2 is 2.00 bits per heavy atom. The lowest BCUT2D eigenvalue weighted by Gasteiger charge is -2.12. The maximum atomic E-state index is 10.4. The van der Waals surface area contributed by atoms with Gasteiger partial charge in [0.25, 0.3) is 0 Å². The van der Waals surface area contributed by atoms with Crippen LogP contribution in [0.1, 0.15) is 52.4 Å². The molecule has 0 saturated carbocycles. The average Bonchev–Trinajstić information content (AvgIpc) is 2.27. The van der Waals surface area contributed by atoms with Crippen molar-refractivity contribution in [2.45, 2.75) is 52.4 Å². The van der Waals surface area contributed by atoms with Gasteiger partial charge in [-0.1, -0.05) is 45.6 Å². The summed E-state index contributed by atoms with van der Waals surface area (Å²) in [6.07, 6.45) is 10.8. The molecule has 0 spiro atoms. The molecule has 0 aromatic carbocycles. The molecule has 0 aliphatic carbocycles. The molecule has 0 radical (unpaired) electrons. The quantitative estimate of drug-likeness (QED) is 0.504. The van der Waals surface area contributed by atoms with Crippen LogP contribution in [0.4, 0.5) is 4.79 Å². The van der Waals surface area contributed by atoms with Gasteiger partial charge < -0.3 is 11.5 Å². The lowest BCUT2D eigenvalue weighted by molar-refractivity contribution is 0.256. The van der Waals surface area contributed by atoms with Crippen molar-refractivity contribution < 1.29 is 4.79 Å². The van der Waals surface area contributed by atoms with Crippen LogP contribution < -0.4 is 11.5 Å². The predicted octanol–water partition coefficient (Wildman–Crippen LogP) is 2.98. The number of allylic oxidation sites excluding steroid dienone is 1.